The molecule has 1 aromatic rings. The zero-order chi connectivity index (χ0) is 8.81. The highest BCUT2D eigenvalue weighted by molar-refractivity contribution is 5.26. The van der Waals surface area contributed by atoms with Gasteiger partial charge >= 0.3 is 0 Å². The summed E-state index contributed by atoms with van der Waals surface area (Å²) in [7, 11) is 0. The Balaban J connectivity index is 2.60. The number of nitriles is 1. The number of rotatable bonds is 3. The lowest BCUT2D eigenvalue weighted by Gasteiger charge is -2.01. The Labute approximate surface area is 70.0 Å². The third-order valence-electron chi connectivity index (χ3n) is 1.21. The molecule has 0 saturated carbocycles. The quantitative estimate of drug-likeness (QED) is 0.698. The van der Waals surface area contributed by atoms with Gasteiger partial charge in [0.1, 0.15) is 24.1 Å². The van der Waals surface area contributed by atoms with Crippen LogP contribution in [0.1, 0.15) is 5.69 Å². The highest BCUT2D eigenvalue weighted by Gasteiger charge is 1.93. The molecule has 62 valence electrons. The molecule has 0 fully saturated rings. The topological polar surface area (TPSA) is 66.1 Å². The van der Waals surface area contributed by atoms with Crippen LogP contribution in [-0.4, -0.2) is 23.3 Å². The molecule has 0 aliphatic heterocycles. The molecule has 4 nitrogen and oxygen atoms in total. The second-order valence-corrected chi connectivity index (χ2v) is 2.06. The number of pyridine rings is 1. The number of aliphatic hydroxyl groups excluding tert-OH is 1. The van der Waals surface area contributed by atoms with Crippen LogP contribution in [0.25, 0.3) is 0 Å². The van der Waals surface area contributed by atoms with E-state index in [2.05, 4.69) is 4.98 Å². The van der Waals surface area contributed by atoms with Crippen LogP contribution >= 0.6 is 0 Å². The minimum atomic E-state index is -0.0278. The molecule has 1 heterocycles. The predicted molar refractivity (Wildman–Crippen MR) is 41.5 cm³/mol. The van der Waals surface area contributed by atoms with Gasteiger partial charge in [0.2, 0.25) is 0 Å². The first-order chi connectivity index (χ1) is 5.86. The van der Waals surface area contributed by atoms with Crippen LogP contribution in [0.5, 0.6) is 5.75 Å². The number of nitrogens with zero attached hydrogens (tertiary/aromatic N) is 2. The van der Waals surface area contributed by atoms with Crippen LogP contribution in [0.4, 0.5) is 0 Å². The molecule has 1 rings (SSSR count). The zero-order valence-corrected chi connectivity index (χ0v) is 6.40. The van der Waals surface area contributed by atoms with E-state index in [9.17, 15) is 0 Å². The van der Waals surface area contributed by atoms with Crippen molar-refractivity contribution >= 4 is 0 Å². The van der Waals surface area contributed by atoms with Crippen molar-refractivity contribution in [3.63, 3.8) is 0 Å². The van der Waals surface area contributed by atoms with E-state index in [0.717, 1.165) is 0 Å². The second-order valence-electron chi connectivity index (χ2n) is 2.06. The van der Waals surface area contributed by atoms with Gasteiger partial charge in [0.25, 0.3) is 0 Å². The summed E-state index contributed by atoms with van der Waals surface area (Å²) in [5.41, 5.74) is 0.353. The van der Waals surface area contributed by atoms with Gasteiger partial charge in [-0.05, 0) is 12.1 Å². The van der Waals surface area contributed by atoms with Crippen molar-refractivity contribution in [3.8, 4) is 11.8 Å². The number of aromatic nitrogens is 1. The fourth-order valence-corrected chi connectivity index (χ4v) is 0.695. The van der Waals surface area contributed by atoms with E-state index in [-0.39, 0.29) is 13.2 Å². The minimum Gasteiger partial charge on any atom is -0.490 e. The van der Waals surface area contributed by atoms with Crippen molar-refractivity contribution < 1.29 is 9.84 Å². The van der Waals surface area contributed by atoms with Crippen LogP contribution in [0, 0.1) is 11.3 Å². The number of hydrogen-bond donors (Lipinski definition) is 1. The Kier molecular flexibility index (Phi) is 3.05. The molecular weight excluding hydrogens is 156 g/mol. The van der Waals surface area contributed by atoms with Gasteiger partial charge in [0.05, 0.1) is 12.8 Å². The lowest BCUT2D eigenvalue weighted by molar-refractivity contribution is 0.201. The summed E-state index contributed by atoms with van der Waals surface area (Å²) >= 11 is 0. The standard InChI is InChI=1S/C8H8N2O2/c9-5-7-1-2-8(6-10-7)12-4-3-11/h1-2,6,11H,3-4H2. The van der Waals surface area contributed by atoms with Gasteiger partial charge in [-0.25, -0.2) is 4.98 Å². The average Bonchev–Trinajstić information content (AvgIpc) is 2.15. The highest BCUT2D eigenvalue weighted by atomic mass is 16.5. The summed E-state index contributed by atoms with van der Waals surface area (Å²) in [5, 5.41) is 16.8. The van der Waals surface area contributed by atoms with E-state index < -0.39 is 0 Å². The molecule has 0 bridgehead atoms. The summed E-state index contributed by atoms with van der Waals surface area (Å²) < 4.78 is 5.03. The molecule has 0 aliphatic rings. The van der Waals surface area contributed by atoms with Gasteiger partial charge in [0, 0.05) is 0 Å². The molecule has 12 heavy (non-hydrogen) atoms. The van der Waals surface area contributed by atoms with E-state index in [1.807, 2.05) is 6.07 Å². The smallest absolute Gasteiger partial charge is 0.140 e. The molecule has 0 saturated heterocycles. The lowest BCUT2D eigenvalue weighted by atomic mass is 10.4. The summed E-state index contributed by atoms with van der Waals surface area (Å²) in [6.45, 7) is 0.216. The molecule has 4 heteroatoms. The summed E-state index contributed by atoms with van der Waals surface area (Å²) in [6, 6.07) is 5.10. The van der Waals surface area contributed by atoms with Crippen molar-refractivity contribution in [1.29, 1.82) is 5.26 Å². The normalized spacial score (nSPS) is 9.00. The summed E-state index contributed by atoms with van der Waals surface area (Å²) in [6.07, 6.45) is 1.45. The van der Waals surface area contributed by atoms with Gasteiger partial charge < -0.3 is 9.84 Å². The third kappa shape index (κ3) is 2.22. The average molecular weight is 164 g/mol. The summed E-state index contributed by atoms with van der Waals surface area (Å²) in [4.78, 5) is 3.78. The maximum atomic E-state index is 8.43. The number of ether oxygens (including phenoxy) is 1. The maximum absolute atomic E-state index is 8.43. The van der Waals surface area contributed by atoms with Crippen LogP contribution < -0.4 is 4.74 Å². The summed E-state index contributed by atoms with van der Waals surface area (Å²) in [5.74, 6) is 0.558. The molecule has 1 aromatic heterocycles. The largest absolute Gasteiger partial charge is 0.490 e. The SMILES string of the molecule is N#Cc1ccc(OCCO)cn1. The van der Waals surface area contributed by atoms with E-state index in [0.29, 0.717) is 11.4 Å². The third-order valence-corrected chi connectivity index (χ3v) is 1.21. The molecule has 0 aromatic carbocycles. The predicted octanol–water partition coefficient (Wildman–Crippen LogP) is 0.324. The van der Waals surface area contributed by atoms with Gasteiger partial charge in [-0.3, -0.25) is 0 Å². The molecule has 0 aliphatic carbocycles. The van der Waals surface area contributed by atoms with Crippen molar-refractivity contribution in [2.24, 2.45) is 0 Å². The molecule has 0 spiro atoms. The van der Waals surface area contributed by atoms with Crippen LogP contribution in [0.2, 0.25) is 0 Å². The Morgan fingerprint density at radius 2 is 2.42 bits per heavy atom. The Morgan fingerprint density at radius 1 is 1.58 bits per heavy atom. The number of hydrogen-bond acceptors (Lipinski definition) is 4. The van der Waals surface area contributed by atoms with E-state index >= 15 is 0 Å². The monoisotopic (exact) mass is 164 g/mol. The minimum absolute atomic E-state index is 0.0278. The first-order valence-electron chi connectivity index (χ1n) is 3.46. The van der Waals surface area contributed by atoms with Crippen LogP contribution in [0.15, 0.2) is 18.3 Å². The van der Waals surface area contributed by atoms with E-state index in [1.54, 1.807) is 12.1 Å². The van der Waals surface area contributed by atoms with Crippen molar-refractivity contribution in [2.45, 2.75) is 0 Å². The van der Waals surface area contributed by atoms with E-state index in [4.69, 9.17) is 15.1 Å². The number of aliphatic hydroxyl groups is 1. The van der Waals surface area contributed by atoms with Crippen LogP contribution in [0.3, 0.4) is 0 Å². The van der Waals surface area contributed by atoms with Crippen molar-refractivity contribution in [3.05, 3.63) is 24.0 Å². The van der Waals surface area contributed by atoms with Gasteiger partial charge in [0.15, 0.2) is 0 Å². The van der Waals surface area contributed by atoms with Crippen molar-refractivity contribution in [1.82, 2.24) is 4.98 Å². The van der Waals surface area contributed by atoms with E-state index in [1.165, 1.54) is 6.20 Å². The zero-order valence-electron chi connectivity index (χ0n) is 6.40. The fraction of sp³-hybridized carbons (Fsp3) is 0.250. The molecule has 0 amide bonds. The molecule has 0 unspecified atom stereocenters. The van der Waals surface area contributed by atoms with Gasteiger partial charge in [-0.2, -0.15) is 5.26 Å². The molecule has 1 N–H and O–H groups in total. The lowest BCUT2D eigenvalue weighted by Crippen LogP contribution is -2.01. The Hall–Kier alpha value is -1.60. The van der Waals surface area contributed by atoms with Crippen molar-refractivity contribution in [2.75, 3.05) is 13.2 Å². The van der Waals surface area contributed by atoms with Crippen LogP contribution in [-0.2, 0) is 0 Å². The van der Waals surface area contributed by atoms with Gasteiger partial charge in [-0.1, -0.05) is 0 Å². The maximum Gasteiger partial charge on any atom is 0.140 e. The Bertz CT molecular complexity index is 276. The first-order valence-corrected chi connectivity index (χ1v) is 3.46. The molecule has 0 atom stereocenters. The molecular formula is C8H8N2O2. The Morgan fingerprint density at radius 3 is 2.92 bits per heavy atom. The second kappa shape index (κ2) is 4.31. The fourth-order valence-electron chi connectivity index (χ4n) is 0.695. The van der Waals surface area contributed by atoms with Gasteiger partial charge in [-0.15, -0.1) is 0 Å². The first kappa shape index (κ1) is 8.50. The highest BCUT2D eigenvalue weighted by Crippen LogP contribution is 2.07. The molecule has 0 radical (unpaired) electrons.